The van der Waals surface area contributed by atoms with E-state index < -0.39 is 0 Å². The van der Waals surface area contributed by atoms with Gasteiger partial charge < -0.3 is 10.6 Å². The van der Waals surface area contributed by atoms with Gasteiger partial charge in [-0.1, -0.05) is 54.6 Å². The average Bonchev–Trinajstić information content (AvgIpc) is 3.45. The number of rotatable bonds is 5. The van der Waals surface area contributed by atoms with Crippen LogP contribution in [0.15, 0.2) is 59.6 Å². The van der Waals surface area contributed by atoms with E-state index in [1.54, 1.807) is 7.05 Å². The van der Waals surface area contributed by atoms with Crippen molar-refractivity contribution in [2.24, 2.45) is 28.7 Å². The molecule has 1 aliphatic heterocycles. The number of amides is 2. The number of imide groups is 1. The predicted octanol–water partition coefficient (Wildman–Crippen LogP) is 2.31. The van der Waals surface area contributed by atoms with Gasteiger partial charge in [0.2, 0.25) is 11.8 Å². The number of benzene rings is 2. The van der Waals surface area contributed by atoms with Gasteiger partial charge in [-0.25, -0.2) is 0 Å². The van der Waals surface area contributed by atoms with Crippen molar-refractivity contribution in [3.8, 4) is 0 Å². The SMILES string of the molecule is CN=C(NCCN1C(=O)C2C3C=CC(C3)C2C1=O)NCc1cccc2ccccc12. The molecule has 1 saturated carbocycles. The number of guanidine groups is 1. The molecule has 0 aromatic heterocycles. The third-order valence-corrected chi connectivity index (χ3v) is 6.74. The maximum atomic E-state index is 12.8. The monoisotopic (exact) mass is 402 g/mol. The van der Waals surface area contributed by atoms with E-state index in [4.69, 9.17) is 0 Å². The van der Waals surface area contributed by atoms with Gasteiger partial charge in [-0.05, 0) is 34.6 Å². The van der Waals surface area contributed by atoms with Crippen molar-refractivity contribution in [2.45, 2.75) is 13.0 Å². The number of carbonyl (C=O) groups is 2. The lowest BCUT2D eigenvalue weighted by Crippen LogP contribution is -2.43. The molecule has 30 heavy (non-hydrogen) atoms. The molecule has 3 aliphatic rings. The third kappa shape index (κ3) is 3.07. The van der Waals surface area contributed by atoms with E-state index in [1.165, 1.54) is 21.2 Å². The van der Waals surface area contributed by atoms with Gasteiger partial charge >= 0.3 is 0 Å². The summed E-state index contributed by atoms with van der Waals surface area (Å²) >= 11 is 0. The summed E-state index contributed by atoms with van der Waals surface area (Å²) < 4.78 is 0. The summed E-state index contributed by atoms with van der Waals surface area (Å²) in [5.74, 6) is 0.912. The molecule has 0 radical (unpaired) electrons. The largest absolute Gasteiger partial charge is 0.355 e. The summed E-state index contributed by atoms with van der Waals surface area (Å²) in [5.41, 5.74) is 1.19. The van der Waals surface area contributed by atoms with Crippen LogP contribution in [0.1, 0.15) is 12.0 Å². The maximum absolute atomic E-state index is 12.8. The topological polar surface area (TPSA) is 73.8 Å². The molecule has 4 unspecified atom stereocenters. The Morgan fingerprint density at radius 3 is 2.43 bits per heavy atom. The Bertz CT molecular complexity index is 1020. The summed E-state index contributed by atoms with van der Waals surface area (Å²) in [6, 6.07) is 14.6. The van der Waals surface area contributed by atoms with Crippen molar-refractivity contribution in [1.82, 2.24) is 15.5 Å². The number of allylic oxidation sites excluding steroid dienone is 2. The van der Waals surface area contributed by atoms with Crippen molar-refractivity contribution in [2.75, 3.05) is 20.1 Å². The summed E-state index contributed by atoms with van der Waals surface area (Å²) in [7, 11) is 1.72. The zero-order valence-electron chi connectivity index (χ0n) is 17.0. The highest BCUT2D eigenvalue weighted by Crippen LogP contribution is 2.52. The van der Waals surface area contributed by atoms with E-state index in [-0.39, 0.29) is 35.5 Å². The molecule has 2 fully saturated rings. The Kier molecular flexibility index (Phi) is 4.77. The number of hydrogen-bond acceptors (Lipinski definition) is 3. The molecule has 6 heteroatoms. The van der Waals surface area contributed by atoms with E-state index in [2.05, 4.69) is 58.1 Å². The Hall–Kier alpha value is -3.15. The van der Waals surface area contributed by atoms with Gasteiger partial charge in [-0.2, -0.15) is 0 Å². The van der Waals surface area contributed by atoms with E-state index in [1.807, 2.05) is 12.1 Å². The van der Waals surface area contributed by atoms with Crippen LogP contribution < -0.4 is 10.6 Å². The van der Waals surface area contributed by atoms with Crippen LogP contribution in [0.25, 0.3) is 10.8 Å². The molecular weight excluding hydrogens is 376 g/mol. The fraction of sp³-hybridized carbons (Fsp3) is 0.375. The van der Waals surface area contributed by atoms with E-state index in [9.17, 15) is 9.59 Å². The summed E-state index contributed by atoms with van der Waals surface area (Å²) in [6.45, 7) is 1.50. The smallest absolute Gasteiger partial charge is 0.233 e. The quantitative estimate of drug-likeness (QED) is 0.348. The van der Waals surface area contributed by atoms with Gasteiger partial charge in [0.15, 0.2) is 5.96 Å². The van der Waals surface area contributed by atoms with Crippen molar-refractivity contribution in [3.63, 3.8) is 0 Å². The van der Waals surface area contributed by atoms with Crippen LogP contribution >= 0.6 is 0 Å². The first-order valence-corrected chi connectivity index (χ1v) is 10.6. The normalized spacial score (nSPS) is 27.2. The molecule has 2 aliphatic carbocycles. The molecule has 1 saturated heterocycles. The van der Waals surface area contributed by atoms with Crippen LogP contribution in [0.4, 0.5) is 0 Å². The summed E-state index contributed by atoms with van der Waals surface area (Å²) in [6.07, 6.45) is 5.21. The third-order valence-electron chi connectivity index (χ3n) is 6.74. The highest BCUT2D eigenvalue weighted by molar-refractivity contribution is 6.06. The lowest BCUT2D eigenvalue weighted by atomic mass is 9.85. The number of aliphatic imine (C=N–C) groups is 1. The van der Waals surface area contributed by atoms with Gasteiger partial charge in [0.1, 0.15) is 0 Å². The van der Waals surface area contributed by atoms with Crippen LogP contribution in [-0.2, 0) is 16.1 Å². The van der Waals surface area contributed by atoms with Crippen LogP contribution in [0.2, 0.25) is 0 Å². The molecule has 154 valence electrons. The average molecular weight is 402 g/mol. The molecule has 2 N–H and O–H groups in total. The highest BCUT2D eigenvalue weighted by Gasteiger charge is 2.58. The second-order valence-corrected chi connectivity index (χ2v) is 8.32. The molecule has 1 heterocycles. The molecular formula is C24H26N4O2. The van der Waals surface area contributed by atoms with E-state index in [0.717, 1.165) is 6.42 Å². The fourth-order valence-electron chi connectivity index (χ4n) is 5.32. The van der Waals surface area contributed by atoms with Gasteiger partial charge in [-0.15, -0.1) is 0 Å². The maximum Gasteiger partial charge on any atom is 0.233 e. The molecule has 4 atom stereocenters. The second kappa shape index (κ2) is 7.59. The lowest BCUT2D eigenvalue weighted by Gasteiger charge is -2.19. The minimum absolute atomic E-state index is 0.00218. The number of nitrogens with one attached hydrogen (secondary N) is 2. The molecule has 5 rings (SSSR count). The molecule has 2 bridgehead atoms. The standard InChI is InChI=1S/C24H26N4O2/c1-25-24(27-14-18-7-4-6-15-5-2-3-8-19(15)18)26-11-12-28-22(29)20-16-9-10-17(13-16)21(20)23(28)30/h2-10,16-17,20-21H,11-14H2,1H3,(H2,25,26,27). The Morgan fingerprint density at radius 2 is 1.70 bits per heavy atom. The number of hydrogen-bond donors (Lipinski definition) is 2. The van der Waals surface area contributed by atoms with Gasteiger partial charge in [0.25, 0.3) is 0 Å². The molecule has 2 aromatic rings. The predicted molar refractivity (Wildman–Crippen MR) is 117 cm³/mol. The van der Waals surface area contributed by atoms with Gasteiger partial charge in [0, 0.05) is 26.7 Å². The molecule has 0 spiro atoms. The van der Waals surface area contributed by atoms with Crippen molar-refractivity contribution in [1.29, 1.82) is 0 Å². The first-order chi connectivity index (χ1) is 14.7. The number of fused-ring (bicyclic) bond motifs is 6. The van der Waals surface area contributed by atoms with Crippen molar-refractivity contribution >= 4 is 28.5 Å². The van der Waals surface area contributed by atoms with E-state index >= 15 is 0 Å². The number of nitrogens with zero attached hydrogens (tertiary/aromatic N) is 2. The van der Waals surface area contributed by atoms with E-state index in [0.29, 0.717) is 25.6 Å². The lowest BCUT2D eigenvalue weighted by molar-refractivity contribution is -0.140. The minimum Gasteiger partial charge on any atom is -0.355 e. The zero-order valence-corrected chi connectivity index (χ0v) is 17.0. The first kappa shape index (κ1) is 18.9. The Labute approximate surface area is 176 Å². The van der Waals surface area contributed by atoms with Crippen LogP contribution in [0.3, 0.4) is 0 Å². The van der Waals surface area contributed by atoms with Crippen LogP contribution in [-0.4, -0.2) is 42.8 Å². The summed E-state index contributed by atoms with van der Waals surface area (Å²) in [4.78, 5) is 31.3. The van der Waals surface area contributed by atoms with Gasteiger partial charge in [0.05, 0.1) is 11.8 Å². The second-order valence-electron chi connectivity index (χ2n) is 8.32. The van der Waals surface area contributed by atoms with Crippen LogP contribution in [0.5, 0.6) is 0 Å². The molecule has 2 amide bonds. The van der Waals surface area contributed by atoms with Crippen LogP contribution in [0, 0.1) is 23.7 Å². The highest BCUT2D eigenvalue weighted by atomic mass is 16.2. The molecule has 2 aromatic carbocycles. The summed E-state index contributed by atoms with van der Waals surface area (Å²) in [5, 5.41) is 8.99. The molecule has 6 nitrogen and oxygen atoms in total. The number of likely N-dealkylation sites (tertiary alicyclic amines) is 1. The van der Waals surface area contributed by atoms with Crippen molar-refractivity contribution in [3.05, 3.63) is 60.2 Å². The first-order valence-electron chi connectivity index (χ1n) is 10.6. The Balaban J connectivity index is 1.16. The zero-order chi connectivity index (χ0) is 20.7. The Morgan fingerprint density at radius 1 is 1.00 bits per heavy atom. The number of carbonyl (C=O) groups excluding carboxylic acids is 2. The fourth-order valence-corrected chi connectivity index (χ4v) is 5.32. The minimum atomic E-state index is -0.128. The van der Waals surface area contributed by atoms with Crippen molar-refractivity contribution < 1.29 is 9.59 Å². The van der Waals surface area contributed by atoms with Gasteiger partial charge in [-0.3, -0.25) is 19.5 Å².